The molecule has 122 valence electrons. The van der Waals surface area contributed by atoms with E-state index in [1.807, 2.05) is 0 Å². The Labute approximate surface area is 138 Å². The van der Waals surface area contributed by atoms with Gasteiger partial charge >= 0.3 is 0 Å². The third-order valence-electron chi connectivity index (χ3n) is 3.02. The smallest absolute Gasteiger partial charge is 0.243 e. The third kappa shape index (κ3) is 4.51. The third-order valence-corrected chi connectivity index (χ3v) is 5.09. The molecule has 0 unspecified atom stereocenters. The van der Waals surface area contributed by atoms with Crippen molar-refractivity contribution < 1.29 is 17.6 Å². The van der Waals surface area contributed by atoms with Crippen LogP contribution in [0.25, 0.3) is 0 Å². The van der Waals surface area contributed by atoms with E-state index < -0.39 is 21.7 Å². The molecule has 0 atom stereocenters. The van der Waals surface area contributed by atoms with Crippen molar-refractivity contribution in [1.29, 1.82) is 0 Å². The van der Waals surface area contributed by atoms with Crippen molar-refractivity contribution in [1.82, 2.24) is 4.31 Å². The van der Waals surface area contributed by atoms with Crippen molar-refractivity contribution >= 4 is 33.2 Å². The summed E-state index contributed by atoms with van der Waals surface area (Å²) in [5.74, 6) is -0.956. The highest BCUT2D eigenvalue weighted by Gasteiger charge is 2.22. The molecule has 0 aliphatic heterocycles. The van der Waals surface area contributed by atoms with Crippen molar-refractivity contribution in [2.45, 2.75) is 4.90 Å². The lowest BCUT2D eigenvalue weighted by Crippen LogP contribution is -2.34. The highest BCUT2D eigenvalue weighted by Crippen LogP contribution is 2.17. The van der Waals surface area contributed by atoms with Crippen LogP contribution in [0.1, 0.15) is 0 Å². The molecule has 1 N–H and O–H groups in total. The molecule has 2 aromatic carbocycles. The number of likely N-dealkylation sites (N-methyl/N-ethyl adjacent to an activating group) is 1. The molecule has 2 rings (SSSR count). The summed E-state index contributed by atoms with van der Waals surface area (Å²) in [6.45, 7) is -0.373. The van der Waals surface area contributed by atoms with Gasteiger partial charge in [0.2, 0.25) is 15.9 Å². The van der Waals surface area contributed by atoms with Gasteiger partial charge in [0.1, 0.15) is 5.82 Å². The largest absolute Gasteiger partial charge is 0.325 e. The number of sulfonamides is 1. The number of benzene rings is 2. The second-order valence-electron chi connectivity index (χ2n) is 4.77. The lowest BCUT2D eigenvalue weighted by molar-refractivity contribution is -0.116. The average molecular weight is 357 g/mol. The number of hydrogen-bond donors (Lipinski definition) is 1. The molecule has 0 bridgehead atoms. The molecule has 0 aromatic heterocycles. The van der Waals surface area contributed by atoms with Gasteiger partial charge in [0.25, 0.3) is 0 Å². The van der Waals surface area contributed by atoms with E-state index in [4.69, 9.17) is 11.6 Å². The summed E-state index contributed by atoms with van der Waals surface area (Å²) in [6.07, 6.45) is 0. The van der Waals surface area contributed by atoms with Crippen LogP contribution in [0.15, 0.2) is 53.4 Å². The number of carbonyl (C=O) groups excluding carboxylic acids is 1. The van der Waals surface area contributed by atoms with E-state index in [0.29, 0.717) is 10.7 Å². The molecule has 0 spiro atoms. The van der Waals surface area contributed by atoms with E-state index in [1.165, 1.54) is 55.6 Å². The zero-order valence-electron chi connectivity index (χ0n) is 12.2. The second-order valence-corrected chi connectivity index (χ2v) is 7.25. The van der Waals surface area contributed by atoms with Gasteiger partial charge in [-0.2, -0.15) is 4.31 Å². The Morgan fingerprint density at radius 2 is 1.70 bits per heavy atom. The number of rotatable bonds is 5. The summed E-state index contributed by atoms with van der Waals surface area (Å²) >= 11 is 5.73. The van der Waals surface area contributed by atoms with Crippen LogP contribution in [0.3, 0.4) is 0 Å². The van der Waals surface area contributed by atoms with E-state index in [1.54, 1.807) is 0 Å². The summed E-state index contributed by atoms with van der Waals surface area (Å²) in [5, 5.41) is 2.92. The zero-order valence-corrected chi connectivity index (χ0v) is 13.7. The molecule has 2 aromatic rings. The Kier molecular flexibility index (Phi) is 5.35. The predicted octanol–water partition coefficient (Wildman–Crippen LogP) is 2.74. The first kappa shape index (κ1) is 17.4. The maximum atomic E-state index is 12.8. The minimum atomic E-state index is -3.80. The molecule has 0 aliphatic carbocycles. The number of nitrogens with zero attached hydrogens (tertiary/aromatic N) is 1. The van der Waals surface area contributed by atoms with E-state index in [2.05, 4.69) is 5.32 Å². The standard InChI is InChI=1S/C15H14ClFN2O3S/c1-19(23(21,22)14-8-2-11(16)3-9-14)10-15(20)18-13-6-4-12(17)5-7-13/h2-9H,10H2,1H3,(H,18,20). The summed E-state index contributed by atoms with van der Waals surface area (Å²) in [7, 11) is -2.50. The summed E-state index contributed by atoms with van der Waals surface area (Å²) in [4.78, 5) is 11.9. The monoisotopic (exact) mass is 356 g/mol. The van der Waals surface area contributed by atoms with Crippen molar-refractivity contribution in [2.75, 3.05) is 18.9 Å². The molecule has 23 heavy (non-hydrogen) atoms. The number of halogens is 2. The lowest BCUT2D eigenvalue weighted by atomic mass is 10.3. The predicted molar refractivity (Wildman–Crippen MR) is 86.3 cm³/mol. The van der Waals surface area contributed by atoms with Crippen LogP contribution in [0.2, 0.25) is 5.02 Å². The van der Waals surface area contributed by atoms with E-state index >= 15 is 0 Å². The molecular weight excluding hydrogens is 343 g/mol. The number of anilines is 1. The Morgan fingerprint density at radius 1 is 1.13 bits per heavy atom. The van der Waals surface area contributed by atoms with Crippen LogP contribution >= 0.6 is 11.6 Å². The molecule has 0 aliphatic rings. The number of amides is 1. The highest BCUT2D eigenvalue weighted by atomic mass is 35.5. The first-order chi connectivity index (χ1) is 10.8. The topological polar surface area (TPSA) is 66.5 Å². The number of nitrogens with one attached hydrogen (secondary N) is 1. The van der Waals surface area contributed by atoms with Gasteiger partial charge in [-0.3, -0.25) is 4.79 Å². The summed E-state index contributed by atoms with van der Waals surface area (Å²) in [5.41, 5.74) is 0.383. The fourth-order valence-electron chi connectivity index (χ4n) is 1.81. The average Bonchev–Trinajstić information content (AvgIpc) is 2.50. The minimum absolute atomic E-state index is 0.0407. The molecule has 0 fully saturated rings. The minimum Gasteiger partial charge on any atom is -0.325 e. The normalized spacial score (nSPS) is 11.5. The van der Waals surface area contributed by atoms with Crippen LogP contribution < -0.4 is 5.32 Å². The fraction of sp³-hybridized carbons (Fsp3) is 0.133. The van der Waals surface area contributed by atoms with Crippen molar-refractivity contribution in [2.24, 2.45) is 0 Å². The van der Waals surface area contributed by atoms with Crippen LogP contribution in [-0.2, 0) is 14.8 Å². The Bertz CT molecular complexity index is 792. The molecular formula is C15H14ClFN2O3S. The van der Waals surface area contributed by atoms with Gasteiger partial charge in [0.15, 0.2) is 0 Å². The zero-order chi connectivity index (χ0) is 17.0. The van der Waals surface area contributed by atoms with E-state index in [9.17, 15) is 17.6 Å². The Morgan fingerprint density at radius 3 is 2.26 bits per heavy atom. The molecule has 0 saturated carbocycles. The first-order valence-electron chi connectivity index (χ1n) is 6.56. The van der Waals surface area contributed by atoms with E-state index in [-0.39, 0.29) is 11.4 Å². The lowest BCUT2D eigenvalue weighted by Gasteiger charge is -2.17. The summed E-state index contributed by atoms with van der Waals surface area (Å²) in [6, 6.07) is 10.8. The van der Waals surface area contributed by atoms with Crippen molar-refractivity contribution in [3.8, 4) is 0 Å². The Hall–Kier alpha value is -1.96. The van der Waals surface area contributed by atoms with Crippen LogP contribution in [0.5, 0.6) is 0 Å². The molecule has 1 amide bonds. The molecule has 0 saturated heterocycles. The van der Waals surface area contributed by atoms with Crippen molar-refractivity contribution in [3.05, 3.63) is 59.4 Å². The highest BCUT2D eigenvalue weighted by molar-refractivity contribution is 7.89. The van der Waals surface area contributed by atoms with Crippen molar-refractivity contribution in [3.63, 3.8) is 0 Å². The van der Waals surface area contributed by atoms with Gasteiger partial charge in [-0.15, -0.1) is 0 Å². The molecule has 0 heterocycles. The Balaban J connectivity index is 2.05. The van der Waals surface area contributed by atoms with Gasteiger partial charge in [-0.05, 0) is 48.5 Å². The van der Waals surface area contributed by atoms with Crippen LogP contribution in [0.4, 0.5) is 10.1 Å². The van der Waals surface area contributed by atoms with Gasteiger partial charge < -0.3 is 5.32 Å². The molecule has 8 heteroatoms. The molecule has 0 radical (unpaired) electrons. The SMILES string of the molecule is CN(CC(=O)Nc1ccc(F)cc1)S(=O)(=O)c1ccc(Cl)cc1. The van der Waals surface area contributed by atoms with E-state index in [0.717, 1.165) is 4.31 Å². The quantitative estimate of drug-likeness (QED) is 0.895. The van der Waals surface area contributed by atoms with Gasteiger partial charge in [0, 0.05) is 17.8 Å². The van der Waals surface area contributed by atoms with Gasteiger partial charge in [-0.1, -0.05) is 11.6 Å². The van der Waals surface area contributed by atoms with Crippen LogP contribution in [0, 0.1) is 5.82 Å². The van der Waals surface area contributed by atoms with Gasteiger partial charge in [0.05, 0.1) is 11.4 Å². The number of hydrogen-bond acceptors (Lipinski definition) is 3. The fourth-order valence-corrected chi connectivity index (χ4v) is 3.06. The first-order valence-corrected chi connectivity index (χ1v) is 8.38. The van der Waals surface area contributed by atoms with Crippen LogP contribution in [-0.4, -0.2) is 32.2 Å². The second kappa shape index (κ2) is 7.08. The van der Waals surface area contributed by atoms with Gasteiger partial charge in [-0.25, -0.2) is 12.8 Å². The summed E-state index contributed by atoms with van der Waals surface area (Å²) < 4.78 is 38.4. The maximum Gasteiger partial charge on any atom is 0.243 e. The maximum absolute atomic E-state index is 12.8. The number of carbonyl (C=O) groups is 1. The molecule has 5 nitrogen and oxygen atoms in total.